The van der Waals surface area contributed by atoms with Crippen molar-refractivity contribution in [2.45, 2.75) is 76.7 Å². The van der Waals surface area contributed by atoms with Crippen LogP contribution in [0.2, 0.25) is 0 Å². The van der Waals surface area contributed by atoms with Gasteiger partial charge in [-0.3, -0.25) is 14.6 Å². The molecule has 0 unspecified atom stereocenters. The van der Waals surface area contributed by atoms with E-state index in [1.54, 1.807) is 0 Å². The van der Waals surface area contributed by atoms with E-state index in [0.717, 1.165) is 68.6 Å². The predicted octanol–water partition coefficient (Wildman–Crippen LogP) is 3.57. The molecule has 4 rings (SSSR count). The number of aromatic nitrogens is 1. The molecule has 5 nitrogen and oxygen atoms in total. The fourth-order valence-corrected chi connectivity index (χ4v) is 4.55. The van der Waals surface area contributed by atoms with Crippen molar-refractivity contribution in [2.24, 2.45) is 5.92 Å². The molecule has 2 heterocycles. The van der Waals surface area contributed by atoms with Crippen molar-refractivity contribution in [3.63, 3.8) is 0 Å². The van der Waals surface area contributed by atoms with E-state index >= 15 is 0 Å². The molecule has 0 atom stereocenters. The maximum Gasteiger partial charge on any atom is 0.253 e. The standard InChI is InChI=1S/C22H31N3O2/c1-15-7-10-19(21(26)24-18-5-3-2-4-6-18)20(23-15)16-11-13-25(14-12-16)22(27)17-8-9-17/h7,10,16-18H,2-6,8-9,11-14H2,1H3,(H,24,26). The molecule has 1 aromatic heterocycles. The number of nitrogens with one attached hydrogen (secondary N) is 1. The van der Waals surface area contributed by atoms with E-state index in [1.807, 2.05) is 24.0 Å². The van der Waals surface area contributed by atoms with Crippen LogP contribution in [0, 0.1) is 12.8 Å². The summed E-state index contributed by atoms with van der Waals surface area (Å²) in [4.78, 5) is 32.0. The summed E-state index contributed by atoms with van der Waals surface area (Å²) in [7, 11) is 0. The summed E-state index contributed by atoms with van der Waals surface area (Å²) < 4.78 is 0. The van der Waals surface area contributed by atoms with Crippen LogP contribution >= 0.6 is 0 Å². The van der Waals surface area contributed by atoms with Crippen molar-refractivity contribution in [2.75, 3.05) is 13.1 Å². The number of hydrogen-bond acceptors (Lipinski definition) is 3. The minimum atomic E-state index is 0.0286. The van der Waals surface area contributed by atoms with Gasteiger partial charge in [-0.05, 0) is 57.6 Å². The average Bonchev–Trinajstić information content (AvgIpc) is 3.53. The Balaban J connectivity index is 1.44. The van der Waals surface area contributed by atoms with Gasteiger partial charge in [0, 0.05) is 36.7 Å². The van der Waals surface area contributed by atoms with Gasteiger partial charge in [0.1, 0.15) is 0 Å². The molecule has 2 amide bonds. The molecule has 2 aliphatic carbocycles. The van der Waals surface area contributed by atoms with Gasteiger partial charge in [0.2, 0.25) is 5.91 Å². The molecular weight excluding hydrogens is 338 g/mol. The zero-order valence-corrected chi connectivity index (χ0v) is 16.4. The van der Waals surface area contributed by atoms with Crippen LogP contribution in [0.5, 0.6) is 0 Å². The lowest BCUT2D eigenvalue weighted by molar-refractivity contribution is -0.133. The number of nitrogens with zero attached hydrogens (tertiary/aromatic N) is 2. The van der Waals surface area contributed by atoms with Crippen LogP contribution in [-0.4, -0.2) is 40.8 Å². The van der Waals surface area contributed by atoms with Crippen molar-refractivity contribution in [1.82, 2.24) is 15.2 Å². The summed E-state index contributed by atoms with van der Waals surface area (Å²) >= 11 is 0. The highest BCUT2D eigenvalue weighted by Crippen LogP contribution is 2.35. The van der Waals surface area contributed by atoms with Gasteiger partial charge in [-0.1, -0.05) is 19.3 Å². The number of piperidine rings is 1. The first-order chi connectivity index (χ1) is 13.1. The number of carbonyl (C=O) groups is 2. The highest BCUT2D eigenvalue weighted by molar-refractivity contribution is 5.95. The molecule has 1 N–H and O–H groups in total. The maximum absolute atomic E-state index is 12.9. The minimum absolute atomic E-state index is 0.0286. The Kier molecular flexibility index (Phi) is 5.46. The Morgan fingerprint density at radius 3 is 2.37 bits per heavy atom. The van der Waals surface area contributed by atoms with Crippen LogP contribution < -0.4 is 5.32 Å². The molecule has 146 valence electrons. The largest absolute Gasteiger partial charge is 0.349 e. The van der Waals surface area contributed by atoms with E-state index in [4.69, 9.17) is 4.98 Å². The zero-order chi connectivity index (χ0) is 18.8. The number of hydrogen-bond donors (Lipinski definition) is 1. The number of likely N-dealkylation sites (tertiary alicyclic amines) is 1. The highest BCUT2D eigenvalue weighted by Gasteiger charge is 2.36. The molecule has 0 radical (unpaired) electrons. The number of aryl methyl sites for hydroxylation is 1. The minimum Gasteiger partial charge on any atom is -0.349 e. The Bertz CT molecular complexity index is 700. The van der Waals surface area contributed by atoms with Crippen LogP contribution in [0.25, 0.3) is 0 Å². The Morgan fingerprint density at radius 1 is 1.00 bits per heavy atom. The third-order valence-corrected chi connectivity index (χ3v) is 6.37. The number of carbonyl (C=O) groups excluding carboxylic acids is 2. The first kappa shape index (κ1) is 18.5. The first-order valence-electron chi connectivity index (χ1n) is 10.7. The molecule has 1 aromatic rings. The first-order valence-corrected chi connectivity index (χ1v) is 10.7. The van der Waals surface area contributed by atoms with Crippen molar-refractivity contribution >= 4 is 11.8 Å². The monoisotopic (exact) mass is 369 g/mol. The van der Waals surface area contributed by atoms with E-state index in [0.29, 0.717) is 11.9 Å². The maximum atomic E-state index is 12.9. The van der Waals surface area contributed by atoms with Crippen LogP contribution in [-0.2, 0) is 4.79 Å². The van der Waals surface area contributed by atoms with E-state index in [2.05, 4.69) is 5.32 Å². The van der Waals surface area contributed by atoms with Crippen molar-refractivity contribution < 1.29 is 9.59 Å². The summed E-state index contributed by atoms with van der Waals surface area (Å²) in [6, 6.07) is 4.18. The summed E-state index contributed by atoms with van der Waals surface area (Å²) in [5, 5.41) is 3.24. The molecule has 3 fully saturated rings. The van der Waals surface area contributed by atoms with Gasteiger partial charge >= 0.3 is 0 Å². The smallest absolute Gasteiger partial charge is 0.253 e. The van der Waals surface area contributed by atoms with Crippen molar-refractivity contribution in [3.05, 3.63) is 29.1 Å². The molecule has 0 bridgehead atoms. The Labute approximate surface area is 161 Å². The van der Waals surface area contributed by atoms with Gasteiger partial charge in [-0.15, -0.1) is 0 Å². The van der Waals surface area contributed by atoms with E-state index < -0.39 is 0 Å². The van der Waals surface area contributed by atoms with Crippen LogP contribution in [0.15, 0.2) is 12.1 Å². The number of amides is 2. The molecule has 1 aliphatic heterocycles. The normalized spacial score (nSPS) is 21.9. The van der Waals surface area contributed by atoms with E-state index in [-0.39, 0.29) is 17.7 Å². The lowest BCUT2D eigenvalue weighted by atomic mass is 9.89. The molecule has 5 heteroatoms. The fraction of sp³-hybridized carbons (Fsp3) is 0.682. The SMILES string of the molecule is Cc1ccc(C(=O)NC2CCCCC2)c(C2CCN(C(=O)C3CC3)CC2)n1. The zero-order valence-electron chi connectivity index (χ0n) is 16.4. The average molecular weight is 370 g/mol. The quantitative estimate of drug-likeness (QED) is 0.882. The Hall–Kier alpha value is -1.91. The van der Waals surface area contributed by atoms with E-state index in [1.165, 1.54) is 19.3 Å². The summed E-state index contributed by atoms with van der Waals surface area (Å²) in [5.74, 6) is 0.914. The molecule has 27 heavy (non-hydrogen) atoms. The number of rotatable bonds is 4. The molecule has 3 aliphatic rings. The molecule has 0 aromatic carbocycles. The van der Waals surface area contributed by atoms with Gasteiger partial charge in [-0.2, -0.15) is 0 Å². The van der Waals surface area contributed by atoms with Gasteiger partial charge in [0.25, 0.3) is 5.91 Å². The van der Waals surface area contributed by atoms with Gasteiger partial charge in [0.05, 0.1) is 11.3 Å². The second kappa shape index (κ2) is 7.99. The lowest BCUT2D eigenvalue weighted by Gasteiger charge is -2.33. The predicted molar refractivity (Wildman–Crippen MR) is 105 cm³/mol. The third-order valence-electron chi connectivity index (χ3n) is 6.37. The summed E-state index contributed by atoms with van der Waals surface area (Å²) in [6.07, 6.45) is 9.78. The fourth-order valence-electron chi connectivity index (χ4n) is 4.55. The number of pyridine rings is 1. The van der Waals surface area contributed by atoms with Crippen molar-refractivity contribution in [1.29, 1.82) is 0 Å². The Morgan fingerprint density at radius 2 is 1.70 bits per heavy atom. The van der Waals surface area contributed by atoms with Crippen LogP contribution in [0.4, 0.5) is 0 Å². The van der Waals surface area contributed by atoms with Gasteiger partial charge in [-0.25, -0.2) is 0 Å². The second-order valence-corrected chi connectivity index (χ2v) is 8.57. The van der Waals surface area contributed by atoms with Gasteiger partial charge < -0.3 is 10.2 Å². The molecule has 2 saturated carbocycles. The van der Waals surface area contributed by atoms with Gasteiger partial charge in [0.15, 0.2) is 0 Å². The van der Waals surface area contributed by atoms with Crippen LogP contribution in [0.3, 0.4) is 0 Å². The summed E-state index contributed by atoms with van der Waals surface area (Å²) in [5.41, 5.74) is 2.62. The summed E-state index contributed by atoms with van der Waals surface area (Å²) in [6.45, 7) is 3.57. The molecule has 1 saturated heterocycles. The molecular formula is C22H31N3O2. The van der Waals surface area contributed by atoms with Crippen molar-refractivity contribution in [3.8, 4) is 0 Å². The molecule has 0 spiro atoms. The van der Waals surface area contributed by atoms with Crippen LogP contribution in [0.1, 0.15) is 85.5 Å². The topological polar surface area (TPSA) is 62.3 Å². The highest BCUT2D eigenvalue weighted by atomic mass is 16.2. The third kappa shape index (κ3) is 4.33. The lowest BCUT2D eigenvalue weighted by Crippen LogP contribution is -2.40. The second-order valence-electron chi connectivity index (χ2n) is 8.57. The van der Waals surface area contributed by atoms with E-state index in [9.17, 15) is 9.59 Å².